The zero-order valence-corrected chi connectivity index (χ0v) is 12.0. The smallest absolute Gasteiger partial charge is 0.0450 e. The Hall–Kier alpha value is -1.30. The van der Waals surface area contributed by atoms with Crippen LogP contribution in [0, 0.1) is 12.3 Å². The molecule has 3 atom stereocenters. The summed E-state index contributed by atoms with van der Waals surface area (Å²) in [5.74, 6) is 2.83. The predicted molar refractivity (Wildman–Crippen MR) is 80.9 cm³/mol. The minimum Gasteiger partial charge on any atom is -0.307 e. The zero-order chi connectivity index (χ0) is 13.7. The standard InChI is InChI=1S/C17H24N2/c1-4-9-16(5-2)19-13-17(18-12-14(19)3)15-10-7-6-8-11-15/h1,6-8,10-11,14,16-18H,5,9,12-13H2,2-3H3. The van der Waals surface area contributed by atoms with E-state index in [1.807, 2.05) is 0 Å². The maximum Gasteiger partial charge on any atom is 0.0450 e. The first kappa shape index (κ1) is 14.1. The molecule has 1 heterocycles. The number of rotatable bonds is 4. The summed E-state index contributed by atoms with van der Waals surface area (Å²) in [5, 5.41) is 3.64. The van der Waals surface area contributed by atoms with Crippen LogP contribution >= 0.6 is 0 Å². The lowest BCUT2D eigenvalue weighted by Gasteiger charge is -2.43. The molecular formula is C17H24N2. The molecule has 0 radical (unpaired) electrons. The van der Waals surface area contributed by atoms with Crippen LogP contribution in [0.15, 0.2) is 30.3 Å². The highest BCUT2D eigenvalue weighted by atomic mass is 15.2. The van der Waals surface area contributed by atoms with Gasteiger partial charge < -0.3 is 5.32 Å². The van der Waals surface area contributed by atoms with Gasteiger partial charge in [0.05, 0.1) is 0 Å². The summed E-state index contributed by atoms with van der Waals surface area (Å²) in [6.45, 7) is 6.59. The number of hydrogen-bond donors (Lipinski definition) is 1. The number of hydrogen-bond acceptors (Lipinski definition) is 2. The summed E-state index contributed by atoms with van der Waals surface area (Å²) >= 11 is 0. The lowest BCUT2D eigenvalue weighted by atomic mass is 9.98. The van der Waals surface area contributed by atoms with Gasteiger partial charge in [-0.05, 0) is 18.9 Å². The largest absolute Gasteiger partial charge is 0.307 e. The highest BCUT2D eigenvalue weighted by molar-refractivity contribution is 5.20. The van der Waals surface area contributed by atoms with Crippen LogP contribution in [0.4, 0.5) is 0 Å². The molecule has 0 amide bonds. The Labute approximate surface area is 117 Å². The van der Waals surface area contributed by atoms with Crippen LogP contribution in [-0.4, -0.2) is 30.1 Å². The lowest BCUT2D eigenvalue weighted by molar-refractivity contribution is 0.0901. The molecule has 3 unspecified atom stereocenters. The molecule has 1 aliphatic rings. The van der Waals surface area contributed by atoms with Crippen molar-refractivity contribution in [2.45, 2.75) is 44.8 Å². The summed E-state index contributed by atoms with van der Waals surface area (Å²) in [6.07, 6.45) is 7.48. The van der Waals surface area contributed by atoms with Gasteiger partial charge in [0.15, 0.2) is 0 Å². The van der Waals surface area contributed by atoms with E-state index in [-0.39, 0.29) is 0 Å². The molecule has 2 nitrogen and oxygen atoms in total. The van der Waals surface area contributed by atoms with Crippen LogP contribution in [-0.2, 0) is 0 Å². The fourth-order valence-corrected chi connectivity index (χ4v) is 2.94. The molecule has 1 aromatic rings. The average Bonchev–Trinajstić information content (AvgIpc) is 2.46. The van der Waals surface area contributed by atoms with Crippen molar-refractivity contribution >= 4 is 0 Å². The molecule has 2 rings (SSSR count). The second-order valence-corrected chi connectivity index (χ2v) is 5.39. The average molecular weight is 256 g/mol. The van der Waals surface area contributed by atoms with Crippen LogP contribution in [0.5, 0.6) is 0 Å². The highest BCUT2D eigenvalue weighted by Gasteiger charge is 2.29. The molecule has 1 aliphatic heterocycles. The van der Waals surface area contributed by atoms with Crippen molar-refractivity contribution in [3.63, 3.8) is 0 Å². The van der Waals surface area contributed by atoms with Gasteiger partial charge in [0.2, 0.25) is 0 Å². The molecule has 1 aromatic carbocycles. The van der Waals surface area contributed by atoms with E-state index < -0.39 is 0 Å². The van der Waals surface area contributed by atoms with E-state index in [2.05, 4.69) is 60.3 Å². The predicted octanol–water partition coefficient (Wildman–Crippen LogP) is 2.82. The number of terminal acetylenes is 1. The van der Waals surface area contributed by atoms with Crippen molar-refractivity contribution in [1.82, 2.24) is 10.2 Å². The first-order chi connectivity index (χ1) is 9.26. The first-order valence-electron chi connectivity index (χ1n) is 7.23. The molecule has 1 fully saturated rings. The van der Waals surface area contributed by atoms with E-state index >= 15 is 0 Å². The Morgan fingerprint density at radius 1 is 1.42 bits per heavy atom. The van der Waals surface area contributed by atoms with Gasteiger partial charge in [-0.3, -0.25) is 4.90 Å². The number of nitrogens with zero attached hydrogens (tertiary/aromatic N) is 1. The van der Waals surface area contributed by atoms with Gasteiger partial charge in [-0.1, -0.05) is 37.3 Å². The number of nitrogens with one attached hydrogen (secondary N) is 1. The molecule has 102 valence electrons. The van der Waals surface area contributed by atoms with E-state index in [0.29, 0.717) is 18.1 Å². The fraction of sp³-hybridized carbons (Fsp3) is 0.529. The third-order valence-electron chi connectivity index (χ3n) is 4.11. The second kappa shape index (κ2) is 6.75. The Bertz CT molecular complexity index is 421. The van der Waals surface area contributed by atoms with Gasteiger partial charge in [-0.15, -0.1) is 12.3 Å². The number of benzene rings is 1. The third-order valence-corrected chi connectivity index (χ3v) is 4.11. The van der Waals surface area contributed by atoms with Crippen molar-refractivity contribution in [1.29, 1.82) is 0 Å². The van der Waals surface area contributed by atoms with Gasteiger partial charge in [-0.2, -0.15) is 0 Å². The molecule has 0 saturated carbocycles. The summed E-state index contributed by atoms with van der Waals surface area (Å²) in [5.41, 5.74) is 1.37. The van der Waals surface area contributed by atoms with Gasteiger partial charge in [0.25, 0.3) is 0 Å². The Morgan fingerprint density at radius 2 is 2.16 bits per heavy atom. The van der Waals surface area contributed by atoms with Crippen LogP contribution < -0.4 is 5.32 Å². The van der Waals surface area contributed by atoms with Crippen LogP contribution in [0.25, 0.3) is 0 Å². The minimum atomic E-state index is 0.421. The van der Waals surface area contributed by atoms with E-state index in [1.165, 1.54) is 5.56 Å². The van der Waals surface area contributed by atoms with Gasteiger partial charge in [0, 0.05) is 37.6 Å². The van der Waals surface area contributed by atoms with Crippen molar-refractivity contribution in [3.05, 3.63) is 35.9 Å². The Kier molecular flexibility index (Phi) is 5.01. The SMILES string of the molecule is C#CCC(CC)N1CC(c2ccccc2)NCC1C. The van der Waals surface area contributed by atoms with Gasteiger partial charge in [-0.25, -0.2) is 0 Å². The fourth-order valence-electron chi connectivity index (χ4n) is 2.94. The quantitative estimate of drug-likeness (QED) is 0.833. The van der Waals surface area contributed by atoms with Crippen LogP contribution in [0.3, 0.4) is 0 Å². The first-order valence-corrected chi connectivity index (χ1v) is 7.23. The van der Waals surface area contributed by atoms with E-state index in [9.17, 15) is 0 Å². The number of piperazine rings is 1. The van der Waals surface area contributed by atoms with E-state index in [4.69, 9.17) is 6.42 Å². The summed E-state index contributed by atoms with van der Waals surface area (Å²) < 4.78 is 0. The zero-order valence-electron chi connectivity index (χ0n) is 12.0. The van der Waals surface area contributed by atoms with Gasteiger partial charge >= 0.3 is 0 Å². The molecule has 1 saturated heterocycles. The summed E-state index contributed by atoms with van der Waals surface area (Å²) in [6, 6.07) is 12.2. The molecule has 1 N–H and O–H groups in total. The van der Waals surface area contributed by atoms with Gasteiger partial charge in [0.1, 0.15) is 0 Å². The van der Waals surface area contributed by atoms with E-state index in [1.54, 1.807) is 0 Å². The molecule has 2 heteroatoms. The molecule has 0 spiro atoms. The molecule has 19 heavy (non-hydrogen) atoms. The van der Waals surface area contributed by atoms with Crippen molar-refractivity contribution in [3.8, 4) is 12.3 Å². The third kappa shape index (κ3) is 3.37. The Morgan fingerprint density at radius 3 is 2.79 bits per heavy atom. The maximum absolute atomic E-state index is 5.51. The molecule has 0 aliphatic carbocycles. The lowest BCUT2D eigenvalue weighted by Crippen LogP contribution is -2.54. The molecule has 0 bridgehead atoms. The van der Waals surface area contributed by atoms with Crippen LogP contribution in [0.2, 0.25) is 0 Å². The maximum atomic E-state index is 5.51. The van der Waals surface area contributed by atoms with Crippen molar-refractivity contribution in [2.24, 2.45) is 0 Å². The van der Waals surface area contributed by atoms with Crippen molar-refractivity contribution < 1.29 is 0 Å². The van der Waals surface area contributed by atoms with E-state index in [0.717, 1.165) is 25.9 Å². The molecule has 0 aromatic heterocycles. The summed E-state index contributed by atoms with van der Waals surface area (Å²) in [7, 11) is 0. The van der Waals surface area contributed by atoms with Crippen molar-refractivity contribution in [2.75, 3.05) is 13.1 Å². The normalized spacial score (nSPS) is 25.7. The van der Waals surface area contributed by atoms with Crippen LogP contribution in [0.1, 0.15) is 38.3 Å². The monoisotopic (exact) mass is 256 g/mol. The second-order valence-electron chi connectivity index (χ2n) is 5.39. The highest BCUT2D eigenvalue weighted by Crippen LogP contribution is 2.23. The topological polar surface area (TPSA) is 15.3 Å². The molecular weight excluding hydrogens is 232 g/mol. The minimum absolute atomic E-state index is 0.421. The Balaban J connectivity index is 2.10. The summed E-state index contributed by atoms with van der Waals surface area (Å²) in [4.78, 5) is 2.58.